The van der Waals surface area contributed by atoms with Gasteiger partial charge in [0.2, 0.25) is 0 Å². The van der Waals surface area contributed by atoms with E-state index in [2.05, 4.69) is 9.97 Å². The van der Waals surface area contributed by atoms with E-state index in [1.54, 1.807) is 41.0 Å². The second-order valence-electron chi connectivity index (χ2n) is 7.33. The maximum atomic E-state index is 13.5. The Morgan fingerprint density at radius 3 is 2.38 bits per heavy atom. The number of pyridine rings is 1. The van der Waals surface area contributed by atoms with Gasteiger partial charge in [0.25, 0.3) is 5.56 Å². The summed E-state index contributed by atoms with van der Waals surface area (Å²) in [6.07, 6.45) is 0. The summed E-state index contributed by atoms with van der Waals surface area (Å²) >= 11 is 6.49. The summed E-state index contributed by atoms with van der Waals surface area (Å²) in [6, 6.07) is 21.1. The van der Waals surface area contributed by atoms with E-state index in [4.69, 9.17) is 22.1 Å². The van der Waals surface area contributed by atoms with Gasteiger partial charge >= 0.3 is 5.69 Å². The zero-order valence-electron chi connectivity index (χ0n) is 17.9. The third-order valence-electron chi connectivity index (χ3n) is 5.31. The van der Waals surface area contributed by atoms with Crippen molar-refractivity contribution >= 4 is 40.9 Å². The number of nitrogens with two attached hydrogens (primary N) is 1. The number of fused-ring (bicyclic) bond motifs is 1. The van der Waals surface area contributed by atoms with Crippen LogP contribution in [0.2, 0.25) is 5.15 Å². The summed E-state index contributed by atoms with van der Waals surface area (Å²) in [5.41, 5.74) is 7.94. The monoisotopic (exact) mass is 495 g/mol. The summed E-state index contributed by atoms with van der Waals surface area (Å²) in [6.45, 7) is 0. The highest BCUT2D eigenvalue weighted by molar-refractivity contribution is 6.31. The molecule has 0 aliphatic rings. The van der Waals surface area contributed by atoms with E-state index in [0.717, 1.165) is 15.8 Å². The Hall–Kier alpha value is -4.01. The molecule has 0 radical (unpaired) electrons. The molecule has 172 valence electrons. The zero-order chi connectivity index (χ0) is 23.1. The Bertz CT molecular complexity index is 1620. The first-order valence-corrected chi connectivity index (χ1v) is 10.4. The van der Waals surface area contributed by atoms with Gasteiger partial charge in [-0.25, -0.2) is 14.3 Å². The van der Waals surface area contributed by atoms with Crippen molar-refractivity contribution in [2.24, 2.45) is 0 Å². The Labute approximate surface area is 204 Å². The Morgan fingerprint density at radius 1 is 0.941 bits per heavy atom. The van der Waals surface area contributed by atoms with E-state index in [9.17, 15) is 9.59 Å². The molecule has 34 heavy (non-hydrogen) atoms. The molecule has 0 spiro atoms. The molecule has 0 saturated carbocycles. The molecule has 0 saturated heterocycles. The van der Waals surface area contributed by atoms with Crippen molar-refractivity contribution < 1.29 is 4.74 Å². The first-order chi connectivity index (χ1) is 16.0. The average molecular weight is 496 g/mol. The van der Waals surface area contributed by atoms with Gasteiger partial charge in [-0.3, -0.25) is 9.36 Å². The molecular formula is C24H19Cl2N5O3. The Kier molecular flexibility index (Phi) is 6.19. The summed E-state index contributed by atoms with van der Waals surface area (Å²) in [4.78, 5) is 33.3. The molecule has 3 heterocycles. The van der Waals surface area contributed by atoms with E-state index in [1.165, 1.54) is 7.11 Å². The number of nitrogen functional groups attached to an aromatic ring is 1. The molecule has 3 aromatic heterocycles. The third-order valence-corrected chi connectivity index (χ3v) is 5.59. The smallest absolute Gasteiger partial charge is 0.333 e. The molecule has 0 fully saturated rings. The number of H-pyrrole nitrogens is 1. The Balaban J connectivity index is 0.00000274. The van der Waals surface area contributed by atoms with E-state index in [0.29, 0.717) is 28.5 Å². The van der Waals surface area contributed by atoms with Gasteiger partial charge in [0.1, 0.15) is 22.2 Å². The number of benzene rings is 2. The molecule has 0 unspecified atom stereocenters. The third kappa shape index (κ3) is 3.93. The molecule has 0 aliphatic heterocycles. The Morgan fingerprint density at radius 2 is 1.68 bits per heavy atom. The molecule has 0 bridgehead atoms. The minimum absolute atomic E-state index is 0. The van der Waals surface area contributed by atoms with Gasteiger partial charge in [0.05, 0.1) is 24.0 Å². The molecule has 3 N–H and O–H groups in total. The van der Waals surface area contributed by atoms with Crippen LogP contribution in [0.15, 0.2) is 82.4 Å². The number of rotatable bonds is 4. The van der Waals surface area contributed by atoms with Crippen LogP contribution in [0.25, 0.3) is 33.7 Å². The highest BCUT2D eigenvalue weighted by Crippen LogP contribution is 2.27. The van der Waals surface area contributed by atoms with E-state index < -0.39 is 11.2 Å². The van der Waals surface area contributed by atoms with Crippen molar-refractivity contribution in [2.45, 2.75) is 0 Å². The van der Waals surface area contributed by atoms with Crippen LogP contribution in [-0.4, -0.2) is 26.2 Å². The topological polar surface area (TPSA) is 108 Å². The molecule has 0 amide bonds. The highest BCUT2D eigenvalue weighted by Gasteiger charge is 2.18. The fourth-order valence-electron chi connectivity index (χ4n) is 3.78. The maximum Gasteiger partial charge on any atom is 0.333 e. The number of anilines is 1. The van der Waals surface area contributed by atoms with Gasteiger partial charge in [0, 0.05) is 17.3 Å². The van der Waals surface area contributed by atoms with Crippen LogP contribution in [0.3, 0.4) is 0 Å². The van der Waals surface area contributed by atoms with Crippen molar-refractivity contribution in [3.05, 3.63) is 98.8 Å². The van der Waals surface area contributed by atoms with Crippen LogP contribution < -0.4 is 21.7 Å². The molecule has 2 aromatic carbocycles. The molecule has 10 heteroatoms. The number of aromatic amines is 1. The van der Waals surface area contributed by atoms with Crippen molar-refractivity contribution in [2.75, 3.05) is 12.8 Å². The van der Waals surface area contributed by atoms with Gasteiger partial charge in [-0.1, -0.05) is 35.9 Å². The summed E-state index contributed by atoms with van der Waals surface area (Å²) in [5, 5.41) is 0.288. The fraction of sp³-hybridized carbons (Fsp3) is 0.0417. The molecule has 0 atom stereocenters. The van der Waals surface area contributed by atoms with Crippen LogP contribution in [-0.2, 0) is 0 Å². The van der Waals surface area contributed by atoms with Gasteiger partial charge in [-0.2, -0.15) is 0 Å². The second kappa shape index (κ2) is 9.09. The minimum atomic E-state index is -0.572. The van der Waals surface area contributed by atoms with E-state index in [1.807, 2.05) is 36.4 Å². The van der Waals surface area contributed by atoms with Crippen LogP contribution in [0.1, 0.15) is 0 Å². The number of ether oxygens (including phenoxy) is 1. The number of aromatic nitrogens is 4. The number of halogens is 2. The standard InChI is InChI=1S/C24H18ClN5O3.ClH/c1-33-17-5-2-4-16(12-17)30-23(31)22-19(28-24(30)32)13-20(25)29(22)15-10-8-14(9-11-15)18-6-3-7-21(26)27-18;/h2-13H,1H3,(H2,26,27)(H,28,32);1H. The lowest BCUT2D eigenvalue weighted by Crippen LogP contribution is -2.34. The first-order valence-electron chi connectivity index (χ1n) is 10.0. The number of nitrogens with zero attached hydrogens (tertiary/aromatic N) is 3. The average Bonchev–Trinajstić information content (AvgIpc) is 3.15. The summed E-state index contributed by atoms with van der Waals surface area (Å²) < 4.78 is 7.89. The zero-order valence-corrected chi connectivity index (χ0v) is 19.4. The predicted molar refractivity (Wildman–Crippen MR) is 136 cm³/mol. The minimum Gasteiger partial charge on any atom is -0.497 e. The highest BCUT2D eigenvalue weighted by atomic mass is 35.5. The lowest BCUT2D eigenvalue weighted by atomic mass is 10.1. The SMILES string of the molecule is COc1cccc(-n2c(=O)[nH]c3cc(Cl)n(-c4ccc(-c5cccc(N)n5)cc4)c3c2=O)c1.Cl. The molecule has 5 aromatic rings. The summed E-state index contributed by atoms with van der Waals surface area (Å²) in [7, 11) is 1.52. The van der Waals surface area contributed by atoms with Crippen LogP contribution in [0.5, 0.6) is 5.75 Å². The van der Waals surface area contributed by atoms with E-state index in [-0.39, 0.29) is 23.1 Å². The van der Waals surface area contributed by atoms with E-state index >= 15 is 0 Å². The van der Waals surface area contributed by atoms with Crippen LogP contribution in [0.4, 0.5) is 5.82 Å². The number of nitrogens with one attached hydrogen (secondary N) is 1. The van der Waals surface area contributed by atoms with Gasteiger partial charge in [-0.05, 0) is 42.5 Å². The molecule has 5 rings (SSSR count). The first kappa shape index (κ1) is 23.2. The maximum absolute atomic E-state index is 13.5. The van der Waals surface area contributed by atoms with Crippen LogP contribution >= 0.6 is 24.0 Å². The number of methoxy groups -OCH3 is 1. The quantitative estimate of drug-likeness (QED) is 0.388. The predicted octanol–water partition coefficient (Wildman–Crippen LogP) is 4.20. The van der Waals surface area contributed by atoms with Crippen LogP contribution in [0, 0.1) is 0 Å². The van der Waals surface area contributed by atoms with Gasteiger partial charge < -0.3 is 15.5 Å². The lowest BCUT2D eigenvalue weighted by molar-refractivity contribution is 0.414. The number of hydrogen-bond donors (Lipinski definition) is 2. The summed E-state index contributed by atoms with van der Waals surface area (Å²) in [5.74, 6) is 0.955. The van der Waals surface area contributed by atoms with Crippen molar-refractivity contribution in [1.82, 2.24) is 19.1 Å². The fourth-order valence-corrected chi connectivity index (χ4v) is 4.08. The van der Waals surface area contributed by atoms with Crippen molar-refractivity contribution in [1.29, 1.82) is 0 Å². The molecular weight excluding hydrogens is 477 g/mol. The van der Waals surface area contributed by atoms with Crippen molar-refractivity contribution in [3.8, 4) is 28.4 Å². The molecule has 8 nitrogen and oxygen atoms in total. The molecule has 0 aliphatic carbocycles. The van der Waals surface area contributed by atoms with Crippen molar-refractivity contribution in [3.63, 3.8) is 0 Å². The second-order valence-corrected chi connectivity index (χ2v) is 7.72. The number of hydrogen-bond acceptors (Lipinski definition) is 5. The largest absolute Gasteiger partial charge is 0.497 e. The normalized spacial score (nSPS) is 10.8. The van der Waals surface area contributed by atoms with Gasteiger partial charge in [0.15, 0.2) is 0 Å². The van der Waals surface area contributed by atoms with Gasteiger partial charge in [-0.15, -0.1) is 12.4 Å². The lowest BCUT2D eigenvalue weighted by Gasteiger charge is -2.10.